The van der Waals surface area contributed by atoms with Gasteiger partial charge in [-0.3, -0.25) is 9.20 Å². The molecule has 7 heteroatoms. The van der Waals surface area contributed by atoms with E-state index in [2.05, 4.69) is 15.5 Å². The third-order valence-electron chi connectivity index (χ3n) is 5.10. The molecule has 0 radical (unpaired) electrons. The highest BCUT2D eigenvalue weighted by Crippen LogP contribution is 2.24. The summed E-state index contributed by atoms with van der Waals surface area (Å²) in [5.41, 5.74) is 4.81. The van der Waals surface area contributed by atoms with Crippen LogP contribution in [-0.4, -0.2) is 30.3 Å². The van der Waals surface area contributed by atoms with Crippen molar-refractivity contribution in [3.8, 4) is 16.9 Å². The molecule has 5 rings (SSSR count). The van der Waals surface area contributed by atoms with Gasteiger partial charge in [0.05, 0.1) is 17.8 Å². The zero-order valence-electron chi connectivity index (χ0n) is 16.9. The van der Waals surface area contributed by atoms with E-state index in [1.807, 2.05) is 90.3 Å². The fourth-order valence-corrected chi connectivity index (χ4v) is 3.45. The van der Waals surface area contributed by atoms with Crippen molar-refractivity contribution >= 4 is 11.6 Å². The maximum Gasteiger partial charge on any atom is 0.255 e. The van der Waals surface area contributed by atoms with Gasteiger partial charge >= 0.3 is 0 Å². The number of nitrogens with one attached hydrogen (secondary N) is 1. The number of nitrogens with zero attached hydrogens (tertiary/aromatic N) is 5. The van der Waals surface area contributed by atoms with Gasteiger partial charge in [-0.2, -0.15) is 5.10 Å². The molecule has 0 bridgehead atoms. The molecule has 0 spiro atoms. The van der Waals surface area contributed by atoms with E-state index in [0.717, 1.165) is 22.5 Å². The largest absolute Gasteiger partial charge is 0.345 e. The number of benzene rings is 2. The van der Waals surface area contributed by atoms with Crippen LogP contribution in [0.1, 0.15) is 21.7 Å². The van der Waals surface area contributed by atoms with Gasteiger partial charge < -0.3 is 5.32 Å². The van der Waals surface area contributed by atoms with Crippen molar-refractivity contribution in [3.63, 3.8) is 0 Å². The van der Waals surface area contributed by atoms with Crippen LogP contribution >= 0.6 is 0 Å². The van der Waals surface area contributed by atoms with Crippen molar-refractivity contribution < 1.29 is 4.79 Å². The van der Waals surface area contributed by atoms with Gasteiger partial charge in [0.15, 0.2) is 11.5 Å². The van der Waals surface area contributed by atoms with Crippen LogP contribution < -0.4 is 5.32 Å². The van der Waals surface area contributed by atoms with Crippen LogP contribution in [0.3, 0.4) is 0 Å². The van der Waals surface area contributed by atoms with Crippen LogP contribution in [0.15, 0.2) is 85.2 Å². The van der Waals surface area contributed by atoms with Crippen LogP contribution in [0.4, 0.5) is 0 Å². The van der Waals surface area contributed by atoms with Gasteiger partial charge in [0.25, 0.3) is 5.91 Å². The molecule has 0 atom stereocenters. The van der Waals surface area contributed by atoms with Gasteiger partial charge in [0, 0.05) is 18.0 Å². The molecule has 7 nitrogen and oxygen atoms in total. The zero-order chi connectivity index (χ0) is 21.2. The van der Waals surface area contributed by atoms with Gasteiger partial charge in [0.1, 0.15) is 5.69 Å². The van der Waals surface area contributed by atoms with Crippen LogP contribution in [-0.2, 0) is 6.54 Å². The lowest BCUT2D eigenvalue weighted by molar-refractivity contribution is 0.0950. The molecule has 0 aliphatic heterocycles. The number of aromatic nitrogens is 5. The number of fused-ring (bicyclic) bond motifs is 1. The Morgan fingerprint density at radius 2 is 1.71 bits per heavy atom. The second kappa shape index (κ2) is 7.87. The third-order valence-corrected chi connectivity index (χ3v) is 5.10. The van der Waals surface area contributed by atoms with Crippen molar-refractivity contribution in [2.45, 2.75) is 13.5 Å². The number of aryl methyl sites for hydroxylation is 1. The van der Waals surface area contributed by atoms with Gasteiger partial charge in [-0.25, -0.2) is 4.68 Å². The number of carbonyl (C=O) groups excluding carboxylic acids is 1. The predicted molar refractivity (Wildman–Crippen MR) is 118 cm³/mol. The van der Waals surface area contributed by atoms with Crippen molar-refractivity contribution in [1.29, 1.82) is 0 Å². The molecule has 0 aliphatic rings. The lowest BCUT2D eigenvalue weighted by Gasteiger charge is -2.04. The normalized spacial score (nSPS) is 11.0. The van der Waals surface area contributed by atoms with Crippen molar-refractivity contribution in [1.82, 2.24) is 29.7 Å². The molecule has 2 aromatic carbocycles. The van der Waals surface area contributed by atoms with E-state index in [-0.39, 0.29) is 12.5 Å². The summed E-state index contributed by atoms with van der Waals surface area (Å²) >= 11 is 0. The summed E-state index contributed by atoms with van der Waals surface area (Å²) in [7, 11) is 0. The lowest BCUT2D eigenvalue weighted by atomic mass is 10.1. The minimum absolute atomic E-state index is 0.218. The van der Waals surface area contributed by atoms with E-state index >= 15 is 0 Å². The average molecular weight is 408 g/mol. The topological polar surface area (TPSA) is 77.1 Å². The first-order valence-electron chi connectivity index (χ1n) is 9.98. The van der Waals surface area contributed by atoms with Crippen LogP contribution in [0.5, 0.6) is 0 Å². The second-order valence-corrected chi connectivity index (χ2v) is 7.27. The number of amides is 1. The summed E-state index contributed by atoms with van der Waals surface area (Å²) in [6, 6.07) is 23.4. The number of pyridine rings is 1. The molecule has 3 aromatic heterocycles. The Kier molecular flexibility index (Phi) is 4.76. The summed E-state index contributed by atoms with van der Waals surface area (Å²) in [5.74, 6) is 0.445. The van der Waals surface area contributed by atoms with Crippen molar-refractivity contribution in [2.24, 2.45) is 0 Å². The third kappa shape index (κ3) is 3.69. The molecule has 0 unspecified atom stereocenters. The summed E-state index contributed by atoms with van der Waals surface area (Å²) in [5, 5.41) is 16.0. The van der Waals surface area contributed by atoms with Crippen LogP contribution in [0.2, 0.25) is 0 Å². The Balaban J connectivity index is 1.47. The molecular formula is C24H20N6O. The average Bonchev–Trinajstić information content (AvgIpc) is 3.44. The molecule has 1 amide bonds. The summed E-state index contributed by atoms with van der Waals surface area (Å²) in [4.78, 5) is 13.1. The summed E-state index contributed by atoms with van der Waals surface area (Å²) in [6.45, 7) is 2.29. The Hall–Kier alpha value is -4.26. The first kappa shape index (κ1) is 18.7. The number of rotatable bonds is 5. The van der Waals surface area contributed by atoms with E-state index < -0.39 is 0 Å². The standard InChI is InChI=1S/C24H20N6O/c1-17-10-12-19(13-11-17)30-16-20(23(28-30)18-7-3-2-4-8-18)24(31)25-15-22-27-26-21-9-5-6-14-29(21)22/h2-14,16H,15H2,1H3,(H,25,31). The predicted octanol–water partition coefficient (Wildman–Crippen LogP) is 3.82. The molecule has 0 fully saturated rings. The maximum atomic E-state index is 13.1. The number of hydrogen-bond donors (Lipinski definition) is 1. The smallest absolute Gasteiger partial charge is 0.255 e. The maximum absolute atomic E-state index is 13.1. The monoisotopic (exact) mass is 408 g/mol. The van der Waals surface area contributed by atoms with E-state index in [0.29, 0.717) is 17.1 Å². The molecular weight excluding hydrogens is 388 g/mol. The quantitative estimate of drug-likeness (QED) is 0.480. The highest BCUT2D eigenvalue weighted by molar-refractivity contribution is 5.99. The molecule has 152 valence electrons. The molecule has 3 heterocycles. The Morgan fingerprint density at radius 3 is 2.52 bits per heavy atom. The van der Waals surface area contributed by atoms with Crippen molar-refractivity contribution in [3.05, 3.63) is 102 Å². The van der Waals surface area contributed by atoms with Crippen LogP contribution in [0, 0.1) is 6.92 Å². The molecule has 5 aromatic rings. The van der Waals surface area contributed by atoms with E-state index in [1.165, 1.54) is 0 Å². The molecule has 0 saturated carbocycles. The van der Waals surface area contributed by atoms with Gasteiger partial charge in [0.2, 0.25) is 0 Å². The SMILES string of the molecule is Cc1ccc(-n2cc(C(=O)NCc3nnc4ccccn34)c(-c3ccccc3)n2)cc1. The Bertz CT molecular complexity index is 1350. The van der Waals surface area contributed by atoms with E-state index in [4.69, 9.17) is 5.10 Å². The first-order valence-corrected chi connectivity index (χ1v) is 9.98. The minimum Gasteiger partial charge on any atom is -0.345 e. The highest BCUT2D eigenvalue weighted by atomic mass is 16.1. The highest BCUT2D eigenvalue weighted by Gasteiger charge is 2.19. The Labute approximate surface area is 179 Å². The first-order chi connectivity index (χ1) is 15.2. The molecule has 1 N–H and O–H groups in total. The lowest BCUT2D eigenvalue weighted by Crippen LogP contribution is -2.24. The van der Waals surface area contributed by atoms with Gasteiger partial charge in [-0.15, -0.1) is 10.2 Å². The van der Waals surface area contributed by atoms with E-state index in [1.54, 1.807) is 10.9 Å². The van der Waals surface area contributed by atoms with Gasteiger partial charge in [-0.05, 0) is 31.2 Å². The Morgan fingerprint density at radius 1 is 0.935 bits per heavy atom. The summed E-state index contributed by atoms with van der Waals surface area (Å²) in [6.07, 6.45) is 3.64. The molecule has 0 saturated heterocycles. The molecule has 0 aliphatic carbocycles. The second-order valence-electron chi connectivity index (χ2n) is 7.27. The number of carbonyl (C=O) groups is 1. The van der Waals surface area contributed by atoms with Crippen LogP contribution in [0.25, 0.3) is 22.6 Å². The van der Waals surface area contributed by atoms with E-state index in [9.17, 15) is 4.79 Å². The summed E-state index contributed by atoms with van der Waals surface area (Å²) < 4.78 is 3.59. The fraction of sp³-hybridized carbons (Fsp3) is 0.0833. The zero-order valence-corrected chi connectivity index (χ0v) is 16.9. The minimum atomic E-state index is -0.218. The fourth-order valence-electron chi connectivity index (χ4n) is 3.45. The number of hydrogen-bond acceptors (Lipinski definition) is 4. The molecule has 31 heavy (non-hydrogen) atoms. The van der Waals surface area contributed by atoms with Gasteiger partial charge in [-0.1, -0.05) is 54.1 Å². The van der Waals surface area contributed by atoms with Crippen molar-refractivity contribution in [2.75, 3.05) is 0 Å².